The van der Waals surface area contributed by atoms with Crippen LogP contribution in [-0.2, 0) is 4.79 Å². The zero-order valence-corrected chi connectivity index (χ0v) is 47.7. The molecule has 5 nitrogen and oxygen atoms in total. The summed E-state index contributed by atoms with van der Waals surface area (Å²) in [5.74, 6) is -0.465. The summed E-state index contributed by atoms with van der Waals surface area (Å²) in [7, 11) is 0. The summed E-state index contributed by atoms with van der Waals surface area (Å²) >= 11 is 0. The number of allylic oxidation sites excluding steroid dienone is 4. The number of aliphatic hydroxyl groups is 3. The molecule has 416 valence electrons. The van der Waals surface area contributed by atoms with E-state index in [1.54, 1.807) is 0 Å². The Morgan fingerprint density at radius 1 is 0.343 bits per heavy atom. The molecule has 3 unspecified atom stereocenters. The third-order valence-electron chi connectivity index (χ3n) is 15.3. The van der Waals surface area contributed by atoms with Crippen molar-refractivity contribution in [3.63, 3.8) is 0 Å². The Morgan fingerprint density at radius 2 is 0.586 bits per heavy atom. The predicted octanol–water partition coefficient (Wildman–Crippen LogP) is 20.4. The van der Waals surface area contributed by atoms with Crippen LogP contribution >= 0.6 is 0 Å². The number of unbranched alkanes of at least 4 members (excludes halogenated alkanes) is 48. The molecule has 0 heterocycles. The first-order chi connectivity index (χ1) is 34.6. The van der Waals surface area contributed by atoms with Crippen molar-refractivity contribution in [3.05, 3.63) is 24.3 Å². The molecule has 0 saturated carbocycles. The maximum atomic E-state index is 12.6. The topological polar surface area (TPSA) is 89.8 Å². The smallest absolute Gasteiger partial charge is 0.249 e. The number of amides is 1. The minimum Gasteiger partial charge on any atom is -0.394 e. The molecule has 0 spiro atoms. The zero-order chi connectivity index (χ0) is 50.7. The Hall–Kier alpha value is -1.17. The highest BCUT2D eigenvalue weighted by atomic mass is 16.3. The van der Waals surface area contributed by atoms with Crippen LogP contribution in [0.2, 0.25) is 0 Å². The van der Waals surface area contributed by atoms with Gasteiger partial charge in [0.05, 0.1) is 18.8 Å². The van der Waals surface area contributed by atoms with Crippen LogP contribution < -0.4 is 5.32 Å². The molecule has 3 atom stereocenters. The fraction of sp³-hybridized carbons (Fsp3) is 0.923. The van der Waals surface area contributed by atoms with Gasteiger partial charge in [0.2, 0.25) is 5.91 Å². The number of rotatable bonds is 60. The summed E-state index contributed by atoms with van der Waals surface area (Å²) in [6.45, 7) is 4.28. The number of carbonyl (C=O) groups is 1. The van der Waals surface area contributed by atoms with Crippen molar-refractivity contribution in [2.75, 3.05) is 6.61 Å². The number of hydrogen-bond acceptors (Lipinski definition) is 4. The van der Waals surface area contributed by atoms with Crippen LogP contribution in [0.15, 0.2) is 24.3 Å². The predicted molar refractivity (Wildman–Crippen MR) is 310 cm³/mol. The second-order valence-corrected chi connectivity index (χ2v) is 22.3. The monoisotopic (exact) mass is 986 g/mol. The third kappa shape index (κ3) is 54.6. The lowest BCUT2D eigenvalue weighted by Crippen LogP contribution is -2.49. The molecule has 0 radical (unpaired) electrons. The van der Waals surface area contributed by atoms with E-state index in [-0.39, 0.29) is 6.61 Å². The second-order valence-electron chi connectivity index (χ2n) is 22.3. The van der Waals surface area contributed by atoms with Gasteiger partial charge in [-0.3, -0.25) is 4.79 Å². The molecule has 1 amide bonds. The van der Waals surface area contributed by atoms with E-state index in [0.29, 0.717) is 12.8 Å². The molecule has 0 aliphatic carbocycles. The summed E-state index contributed by atoms with van der Waals surface area (Å²) in [6, 6.07) is -0.711. The van der Waals surface area contributed by atoms with Crippen molar-refractivity contribution in [2.45, 2.75) is 379 Å². The van der Waals surface area contributed by atoms with Crippen molar-refractivity contribution in [3.8, 4) is 0 Å². The molecule has 70 heavy (non-hydrogen) atoms. The Kier molecular flexibility index (Phi) is 59.4. The van der Waals surface area contributed by atoms with Gasteiger partial charge in [-0.1, -0.05) is 340 Å². The third-order valence-corrected chi connectivity index (χ3v) is 15.3. The van der Waals surface area contributed by atoms with Crippen LogP contribution in [0, 0.1) is 0 Å². The van der Waals surface area contributed by atoms with Crippen molar-refractivity contribution < 1.29 is 20.1 Å². The summed E-state index contributed by atoms with van der Waals surface area (Å²) in [4.78, 5) is 12.6. The summed E-state index contributed by atoms with van der Waals surface area (Å²) < 4.78 is 0. The fourth-order valence-electron chi connectivity index (χ4n) is 10.3. The molecular formula is C65H127NO4. The molecule has 0 aromatic carbocycles. The maximum Gasteiger partial charge on any atom is 0.249 e. The van der Waals surface area contributed by atoms with Gasteiger partial charge < -0.3 is 20.6 Å². The average molecular weight is 987 g/mol. The van der Waals surface area contributed by atoms with Crippen LogP contribution in [0.25, 0.3) is 0 Å². The molecular weight excluding hydrogens is 859 g/mol. The first-order valence-electron chi connectivity index (χ1n) is 32.1. The molecule has 0 saturated heterocycles. The minimum absolute atomic E-state index is 0.310. The SMILES string of the molecule is CCCCCCCCCCCCCCCCC/C=C\C/C=C\CCCCCCCCCCCCCCCCCCC(O)C(=O)NC(CO)C(O)CCCCCCCCCCCCCCCCCCCC. The van der Waals surface area contributed by atoms with Gasteiger partial charge in [-0.25, -0.2) is 0 Å². The Labute approximate surface area is 439 Å². The van der Waals surface area contributed by atoms with Crippen molar-refractivity contribution in [1.82, 2.24) is 5.32 Å². The highest BCUT2D eigenvalue weighted by molar-refractivity contribution is 5.80. The molecule has 0 aromatic rings. The Balaban J connectivity index is 3.46. The number of aliphatic hydroxyl groups excluding tert-OH is 3. The Bertz CT molecular complexity index is 1040. The lowest BCUT2D eigenvalue weighted by Gasteiger charge is -2.23. The Morgan fingerprint density at radius 3 is 0.857 bits per heavy atom. The molecule has 0 bridgehead atoms. The van der Waals surface area contributed by atoms with Crippen LogP contribution in [0.1, 0.15) is 361 Å². The zero-order valence-electron chi connectivity index (χ0n) is 47.7. The van der Waals surface area contributed by atoms with Crippen LogP contribution in [0.5, 0.6) is 0 Å². The number of hydrogen-bond donors (Lipinski definition) is 4. The largest absolute Gasteiger partial charge is 0.394 e. The summed E-state index contributed by atoms with van der Waals surface area (Å²) in [6.07, 6.45) is 78.4. The van der Waals surface area contributed by atoms with Gasteiger partial charge in [0.15, 0.2) is 0 Å². The molecule has 0 aliphatic heterocycles. The molecule has 0 aliphatic rings. The van der Waals surface area contributed by atoms with Gasteiger partial charge in [0.25, 0.3) is 0 Å². The maximum absolute atomic E-state index is 12.6. The van der Waals surface area contributed by atoms with E-state index in [1.807, 2.05) is 0 Å². The first-order valence-corrected chi connectivity index (χ1v) is 32.1. The van der Waals surface area contributed by atoms with Crippen molar-refractivity contribution in [1.29, 1.82) is 0 Å². The number of nitrogens with one attached hydrogen (secondary N) is 1. The first kappa shape index (κ1) is 68.8. The quantitative estimate of drug-likeness (QED) is 0.0361. The molecule has 0 fully saturated rings. The standard InChI is InChI=1S/C65H127NO4/c1-3-5-7-9-11-13-15-17-19-21-23-24-25-26-27-28-29-30-31-32-33-34-35-36-37-38-39-40-41-42-44-46-48-50-52-54-56-58-60-64(69)65(70)66-62(61-67)63(68)59-57-55-53-51-49-47-45-43-22-20-18-16-14-12-10-8-6-4-2/h29-30,32-33,62-64,67-69H,3-28,31,34-61H2,1-2H3,(H,66,70)/b30-29-,33-32-. The van der Waals surface area contributed by atoms with Gasteiger partial charge >= 0.3 is 0 Å². The fourth-order valence-corrected chi connectivity index (χ4v) is 10.3. The number of carbonyl (C=O) groups excluding carboxylic acids is 1. The molecule has 0 aromatic heterocycles. The normalized spacial score (nSPS) is 13.3. The van der Waals surface area contributed by atoms with E-state index in [2.05, 4.69) is 43.5 Å². The van der Waals surface area contributed by atoms with Crippen molar-refractivity contribution >= 4 is 5.91 Å². The van der Waals surface area contributed by atoms with E-state index in [0.717, 1.165) is 38.5 Å². The van der Waals surface area contributed by atoms with E-state index in [9.17, 15) is 20.1 Å². The van der Waals surface area contributed by atoms with Crippen molar-refractivity contribution in [2.24, 2.45) is 0 Å². The molecule has 4 N–H and O–H groups in total. The lowest BCUT2D eigenvalue weighted by molar-refractivity contribution is -0.131. The molecule has 5 heteroatoms. The summed E-state index contributed by atoms with van der Waals surface area (Å²) in [5.41, 5.74) is 0. The lowest BCUT2D eigenvalue weighted by atomic mass is 10.0. The van der Waals surface area contributed by atoms with E-state index >= 15 is 0 Å². The van der Waals surface area contributed by atoms with Crippen LogP contribution in [-0.4, -0.2) is 46.1 Å². The highest BCUT2D eigenvalue weighted by Gasteiger charge is 2.23. The van der Waals surface area contributed by atoms with Gasteiger partial charge in [-0.2, -0.15) is 0 Å². The van der Waals surface area contributed by atoms with Gasteiger partial charge in [-0.05, 0) is 44.9 Å². The van der Waals surface area contributed by atoms with E-state index in [4.69, 9.17) is 0 Å². The summed E-state index contributed by atoms with van der Waals surface area (Å²) in [5, 5.41) is 33.6. The van der Waals surface area contributed by atoms with E-state index < -0.39 is 24.2 Å². The van der Waals surface area contributed by atoms with E-state index in [1.165, 1.54) is 295 Å². The van der Waals surface area contributed by atoms with Crippen LogP contribution in [0.4, 0.5) is 0 Å². The molecule has 0 rings (SSSR count). The van der Waals surface area contributed by atoms with Gasteiger partial charge in [-0.15, -0.1) is 0 Å². The average Bonchev–Trinajstić information content (AvgIpc) is 3.36. The highest BCUT2D eigenvalue weighted by Crippen LogP contribution is 2.19. The second kappa shape index (κ2) is 60.4. The minimum atomic E-state index is -1.07. The van der Waals surface area contributed by atoms with Gasteiger partial charge in [0, 0.05) is 0 Å². The van der Waals surface area contributed by atoms with Crippen LogP contribution in [0.3, 0.4) is 0 Å². The van der Waals surface area contributed by atoms with Gasteiger partial charge in [0.1, 0.15) is 6.10 Å².